The minimum atomic E-state index is -0.00165. The van der Waals surface area contributed by atoms with Gasteiger partial charge in [0.2, 0.25) is 0 Å². The van der Waals surface area contributed by atoms with Crippen molar-refractivity contribution in [2.75, 3.05) is 39.4 Å². The standard InChI is InChI=1S/C15H32N2O2/c1-5-15(6-2,11-16-13(3)4)12-17-7-8-19-14(9-17)10-18/h13-14,16,18H,5-12H2,1-4H3. The Bertz CT molecular complexity index is 242. The normalized spacial score (nSPS) is 22.1. The first-order valence-corrected chi connectivity index (χ1v) is 7.73. The van der Waals surface area contributed by atoms with Crippen LogP contribution in [0.25, 0.3) is 0 Å². The van der Waals surface area contributed by atoms with Gasteiger partial charge in [-0.05, 0) is 18.3 Å². The Hall–Kier alpha value is -0.160. The Kier molecular flexibility index (Phi) is 7.29. The Balaban J connectivity index is 2.56. The van der Waals surface area contributed by atoms with E-state index in [-0.39, 0.29) is 12.7 Å². The van der Waals surface area contributed by atoms with Crippen molar-refractivity contribution in [3.05, 3.63) is 0 Å². The van der Waals surface area contributed by atoms with Crippen molar-refractivity contribution >= 4 is 0 Å². The van der Waals surface area contributed by atoms with Gasteiger partial charge in [-0.25, -0.2) is 0 Å². The molecule has 0 aromatic heterocycles. The van der Waals surface area contributed by atoms with E-state index in [1.54, 1.807) is 0 Å². The van der Waals surface area contributed by atoms with Crippen LogP contribution in [-0.4, -0.2) is 61.5 Å². The van der Waals surface area contributed by atoms with E-state index in [9.17, 15) is 5.11 Å². The fourth-order valence-electron chi connectivity index (χ4n) is 2.71. The van der Waals surface area contributed by atoms with Crippen molar-refractivity contribution < 1.29 is 9.84 Å². The molecule has 0 aliphatic carbocycles. The van der Waals surface area contributed by atoms with Crippen LogP contribution in [0.5, 0.6) is 0 Å². The van der Waals surface area contributed by atoms with E-state index in [0.717, 1.165) is 32.8 Å². The lowest BCUT2D eigenvalue weighted by Crippen LogP contribution is -2.51. The van der Waals surface area contributed by atoms with Crippen LogP contribution in [-0.2, 0) is 4.74 Å². The maximum atomic E-state index is 9.23. The molecule has 1 fully saturated rings. The average molecular weight is 272 g/mol. The molecule has 114 valence electrons. The first kappa shape index (κ1) is 16.9. The molecule has 1 unspecified atom stereocenters. The number of hydrogen-bond acceptors (Lipinski definition) is 4. The van der Waals surface area contributed by atoms with E-state index in [1.807, 2.05) is 0 Å². The summed E-state index contributed by atoms with van der Waals surface area (Å²) in [6.45, 7) is 13.9. The third kappa shape index (κ3) is 5.38. The van der Waals surface area contributed by atoms with Gasteiger partial charge < -0.3 is 15.2 Å². The highest BCUT2D eigenvalue weighted by atomic mass is 16.5. The summed E-state index contributed by atoms with van der Waals surface area (Å²) in [7, 11) is 0. The minimum Gasteiger partial charge on any atom is -0.394 e. The van der Waals surface area contributed by atoms with Crippen LogP contribution >= 0.6 is 0 Å². The van der Waals surface area contributed by atoms with Crippen molar-refractivity contribution in [2.45, 2.75) is 52.7 Å². The van der Waals surface area contributed by atoms with E-state index in [4.69, 9.17) is 4.74 Å². The number of ether oxygens (including phenoxy) is 1. The zero-order valence-electron chi connectivity index (χ0n) is 13.1. The first-order valence-electron chi connectivity index (χ1n) is 7.73. The maximum Gasteiger partial charge on any atom is 0.0932 e. The molecule has 4 nitrogen and oxygen atoms in total. The molecule has 19 heavy (non-hydrogen) atoms. The number of hydrogen-bond donors (Lipinski definition) is 2. The lowest BCUT2D eigenvalue weighted by atomic mass is 9.81. The molecule has 0 amide bonds. The highest BCUT2D eigenvalue weighted by Crippen LogP contribution is 2.28. The maximum absolute atomic E-state index is 9.23. The molecule has 1 aliphatic rings. The zero-order valence-corrected chi connectivity index (χ0v) is 13.1. The third-order valence-electron chi connectivity index (χ3n) is 4.37. The van der Waals surface area contributed by atoms with Crippen molar-refractivity contribution in [1.29, 1.82) is 0 Å². The number of aliphatic hydroxyl groups excluding tert-OH is 1. The molecule has 1 rings (SSSR count). The second-order valence-corrected chi connectivity index (χ2v) is 6.15. The summed E-state index contributed by atoms with van der Waals surface area (Å²) >= 11 is 0. The van der Waals surface area contributed by atoms with Gasteiger partial charge in [-0.15, -0.1) is 0 Å². The molecule has 0 radical (unpaired) electrons. The van der Waals surface area contributed by atoms with Crippen LogP contribution in [0.2, 0.25) is 0 Å². The van der Waals surface area contributed by atoms with Gasteiger partial charge in [0.15, 0.2) is 0 Å². The van der Waals surface area contributed by atoms with Gasteiger partial charge in [-0.2, -0.15) is 0 Å². The predicted octanol–water partition coefficient (Wildman–Crippen LogP) is 1.48. The van der Waals surface area contributed by atoms with Gasteiger partial charge in [0.25, 0.3) is 0 Å². The Morgan fingerprint density at radius 1 is 1.37 bits per heavy atom. The van der Waals surface area contributed by atoms with Crippen molar-refractivity contribution in [1.82, 2.24) is 10.2 Å². The quantitative estimate of drug-likeness (QED) is 0.702. The van der Waals surface area contributed by atoms with Gasteiger partial charge in [0.05, 0.1) is 19.3 Å². The summed E-state index contributed by atoms with van der Waals surface area (Å²) in [5, 5.41) is 12.8. The molecule has 0 bridgehead atoms. The van der Waals surface area contributed by atoms with Gasteiger partial charge in [0, 0.05) is 32.2 Å². The molecule has 2 N–H and O–H groups in total. The highest BCUT2D eigenvalue weighted by Gasteiger charge is 2.31. The smallest absolute Gasteiger partial charge is 0.0932 e. The minimum absolute atomic E-state index is 0.00165. The molecule has 4 heteroatoms. The molecule has 0 saturated carbocycles. The number of nitrogens with one attached hydrogen (secondary N) is 1. The van der Waals surface area contributed by atoms with Crippen molar-refractivity contribution in [3.63, 3.8) is 0 Å². The van der Waals surface area contributed by atoms with Crippen LogP contribution in [0.3, 0.4) is 0 Å². The van der Waals surface area contributed by atoms with Crippen LogP contribution in [0, 0.1) is 5.41 Å². The fourth-order valence-corrected chi connectivity index (χ4v) is 2.71. The molecule has 0 aromatic rings. The van der Waals surface area contributed by atoms with Crippen LogP contribution in [0.15, 0.2) is 0 Å². The van der Waals surface area contributed by atoms with Crippen LogP contribution < -0.4 is 5.32 Å². The van der Waals surface area contributed by atoms with E-state index < -0.39 is 0 Å². The second-order valence-electron chi connectivity index (χ2n) is 6.15. The monoisotopic (exact) mass is 272 g/mol. The second kappa shape index (κ2) is 8.20. The summed E-state index contributed by atoms with van der Waals surface area (Å²) in [6.07, 6.45) is 2.37. The van der Waals surface area contributed by atoms with Crippen molar-refractivity contribution in [3.8, 4) is 0 Å². The van der Waals surface area contributed by atoms with E-state index >= 15 is 0 Å². The fraction of sp³-hybridized carbons (Fsp3) is 1.00. The topological polar surface area (TPSA) is 44.7 Å². The molecule has 1 heterocycles. The van der Waals surface area contributed by atoms with Gasteiger partial charge >= 0.3 is 0 Å². The van der Waals surface area contributed by atoms with Crippen LogP contribution in [0.1, 0.15) is 40.5 Å². The average Bonchev–Trinajstić information content (AvgIpc) is 2.43. The molecule has 1 aliphatic heterocycles. The Labute approximate surface area is 118 Å². The zero-order chi connectivity index (χ0) is 14.3. The molecular formula is C15H32N2O2. The lowest BCUT2D eigenvalue weighted by Gasteiger charge is -2.41. The summed E-state index contributed by atoms with van der Waals surface area (Å²) in [4.78, 5) is 2.46. The Morgan fingerprint density at radius 2 is 2.05 bits per heavy atom. The molecule has 0 spiro atoms. The largest absolute Gasteiger partial charge is 0.394 e. The number of nitrogens with zero attached hydrogens (tertiary/aromatic N) is 1. The van der Waals surface area contributed by atoms with E-state index in [2.05, 4.69) is 37.9 Å². The number of rotatable bonds is 8. The van der Waals surface area contributed by atoms with E-state index in [1.165, 1.54) is 12.8 Å². The summed E-state index contributed by atoms with van der Waals surface area (Å²) < 4.78 is 5.53. The van der Waals surface area contributed by atoms with Gasteiger partial charge in [-0.1, -0.05) is 27.7 Å². The van der Waals surface area contributed by atoms with Crippen LogP contribution in [0.4, 0.5) is 0 Å². The number of morpholine rings is 1. The lowest BCUT2D eigenvalue weighted by molar-refractivity contribution is -0.0634. The Morgan fingerprint density at radius 3 is 2.58 bits per heavy atom. The summed E-state index contributed by atoms with van der Waals surface area (Å²) in [5.74, 6) is 0. The first-order chi connectivity index (χ1) is 9.05. The predicted molar refractivity (Wildman–Crippen MR) is 79.4 cm³/mol. The number of aliphatic hydroxyl groups is 1. The third-order valence-corrected chi connectivity index (χ3v) is 4.37. The SMILES string of the molecule is CCC(CC)(CNC(C)C)CN1CCOC(CO)C1. The molecular weight excluding hydrogens is 240 g/mol. The summed E-state index contributed by atoms with van der Waals surface area (Å²) in [6, 6.07) is 0.535. The summed E-state index contributed by atoms with van der Waals surface area (Å²) in [5.41, 5.74) is 0.335. The van der Waals surface area contributed by atoms with E-state index in [0.29, 0.717) is 11.5 Å². The highest BCUT2D eigenvalue weighted by molar-refractivity contribution is 4.85. The van der Waals surface area contributed by atoms with Gasteiger partial charge in [-0.3, -0.25) is 4.90 Å². The van der Waals surface area contributed by atoms with Gasteiger partial charge in [0.1, 0.15) is 0 Å². The molecule has 1 saturated heterocycles. The molecule has 1 atom stereocenters. The molecule has 0 aromatic carbocycles. The van der Waals surface area contributed by atoms with Crippen molar-refractivity contribution in [2.24, 2.45) is 5.41 Å².